The van der Waals surface area contributed by atoms with E-state index in [1.165, 1.54) is 18.5 Å². The SMILES string of the molecule is Cc1cnc(CNCc2cncn2C2CC2)o1. The van der Waals surface area contributed by atoms with E-state index in [4.69, 9.17) is 4.42 Å². The molecule has 0 amide bonds. The van der Waals surface area contributed by atoms with Crippen LogP contribution in [0.3, 0.4) is 0 Å². The summed E-state index contributed by atoms with van der Waals surface area (Å²) >= 11 is 0. The summed E-state index contributed by atoms with van der Waals surface area (Å²) in [7, 11) is 0. The van der Waals surface area contributed by atoms with E-state index >= 15 is 0 Å². The van der Waals surface area contributed by atoms with E-state index < -0.39 is 0 Å². The lowest BCUT2D eigenvalue weighted by atomic mass is 10.4. The van der Waals surface area contributed by atoms with Gasteiger partial charge in [0.1, 0.15) is 5.76 Å². The molecule has 2 aromatic rings. The quantitative estimate of drug-likeness (QED) is 0.854. The topological polar surface area (TPSA) is 55.9 Å². The van der Waals surface area contributed by atoms with Crippen molar-refractivity contribution < 1.29 is 4.42 Å². The number of hydrogen-bond acceptors (Lipinski definition) is 4. The van der Waals surface area contributed by atoms with Crippen LogP contribution >= 0.6 is 0 Å². The molecule has 0 bridgehead atoms. The minimum atomic E-state index is 0.656. The molecule has 0 saturated heterocycles. The average Bonchev–Trinajstić information content (AvgIpc) is 2.92. The van der Waals surface area contributed by atoms with Gasteiger partial charge in [0, 0.05) is 18.8 Å². The van der Waals surface area contributed by atoms with Crippen molar-refractivity contribution in [3.63, 3.8) is 0 Å². The van der Waals surface area contributed by atoms with Gasteiger partial charge in [0.05, 0.1) is 24.8 Å². The van der Waals surface area contributed by atoms with E-state index in [-0.39, 0.29) is 0 Å². The second-order valence-corrected chi connectivity index (χ2v) is 4.49. The lowest BCUT2D eigenvalue weighted by molar-refractivity contribution is 0.446. The first-order valence-corrected chi connectivity index (χ1v) is 5.95. The van der Waals surface area contributed by atoms with E-state index in [0.717, 1.165) is 18.2 Å². The molecule has 0 unspecified atom stereocenters. The summed E-state index contributed by atoms with van der Waals surface area (Å²) in [4.78, 5) is 8.35. The van der Waals surface area contributed by atoms with E-state index in [9.17, 15) is 0 Å². The summed E-state index contributed by atoms with van der Waals surface area (Å²) in [5.74, 6) is 1.59. The van der Waals surface area contributed by atoms with Crippen molar-refractivity contribution in [3.05, 3.63) is 36.1 Å². The van der Waals surface area contributed by atoms with E-state index in [1.54, 1.807) is 6.20 Å². The first-order valence-electron chi connectivity index (χ1n) is 5.95. The smallest absolute Gasteiger partial charge is 0.208 e. The van der Waals surface area contributed by atoms with Gasteiger partial charge in [-0.25, -0.2) is 9.97 Å². The van der Waals surface area contributed by atoms with Gasteiger partial charge in [-0.2, -0.15) is 0 Å². The van der Waals surface area contributed by atoms with Crippen molar-refractivity contribution in [1.29, 1.82) is 0 Å². The fraction of sp³-hybridized carbons (Fsp3) is 0.500. The predicted octanol–water partition coefficient (Wildman–Crippen LogP) is 1.80. The lowest BCUT2D eigenvalue weighted by Gasteiger charge is -2.06. The highest BCUT2D eigenvalue weighted by molar-refractivity contribution is 5.03. The zero-order chi connectivity index (χ0) is 11.7. The summed E-state index contributed by atoms with van der Waals surface area (Å²) < 4.78 is 7.65. The highest BCUT2D eigenvalue weighted by Crippen LogP contribution is 2.35. The molecular weight excluding hydrogens is 216 g/mol. The third kappa shape index (κ3) is 2.39. The molecule has 0 aromatic carbocycles. The van der Waals surface area contributed by atoms with Crippen molar-refractivity contribution in [2.75, 3.05) is 0 Å². The molecule has 3 rings (SSSR count). The number of nitrogens with zero attached hydrogens (tertiary/aromatic N) is 3. The number of nitrogens with one attached hydrogen (secondary N) is 1. The molecule has 2 heterocycles. The molecule has 90 valence electrons. The average molecular weight is 232 g/mol. The molecule has 5 heteroatoms. The first kappa shape index (κ1) is 10.5. The molecule has 5 nitrogen and oxygen atoms in total. The monoisotopic (exact) mass is 232 g/mol. The van der Waals surface area contributed by atoms with Crippen molar-refractivity contribution in [2.45, 2.75) is 38.9 Å². The molecule has 1 N–H and O–H groups in total. The lowest BCUT2D eigenvalue weighted by Crippen LogP contribution is -2.15. The molecule has 17 heavy (non-hydrogen) atoms. The Labute approximate surface area is 99.9 Å². The second-order valence-electron chi connectivity index (χ2n) is 4.49. The van der Waals surface area contributed by atoms with Crippen LogP contribution in [0.2, 0.25) is 0 Å². The van der Waals surface area contributed by atoms with Crippen LogP contribution < -0.4 is 5.32 Å². The van der Waals surface area contributed by atoms with Gasteiger partial charge in [-0.05, 0) is 19.8 Å². The number of rotatable bonds is 5. The van der Waals surface area contributed by atoms with Gasteiger partial charge in [-0.1, -0.05) is 0 Å². The van der Waals surface area contributed by atoms with Crippen molar-refractivity contribution in [3.8, 4) is 0 Å². The fourth-order valence-electron chi connectivity index (χ4n) is 1.93. The molecule has 1 saturated carbocycles. The van der Waals surface area contributed by atoms with E-state index in [2.05, 4.69) is 19.9 Å². The molecule has 0 aliphatic heterocycles. The molecule has 1 fully saturated rings. The predicted molar refractivity (Wildman–Crippen MR) is 62.3 cm³/mol. The third-order valence-electron chi connectivity index (χ3n) is 2.94. The van der Waals surface area contributed by atoms with E-state index in [1.807, 2.05) is 19.4 Å². The van der Waals surface area contributed by atoms with Gasteiger partial charge in [0.15, 0.2) is 0 Å². The first-order chi connectivity index (χ1) is 8.33. The number of oxazole rings is 1. The van der Waals surface area contributed by atoms with Crippen LogP contribution in [0.25, 0.3) is 0 Å². The van der Waals surface area contributed by atoms with Gasteiger partial charge in [-0.3, -0.25) is 0 Å². The highest BCUT2D eigenvalue weighted by atomic mass is 16.4. The third-order valence-corrected chi connectivity index (χ3v) is 2.94. The summed E-state index contributed by atoms with van der Waals surface area (Å²) in [6, 6.07) is 0.679. The summed E-state index contributed by atoms with van der Waals surface area (Å²) in [6.07, 6.45) is 8.14. The standard InChI is InChI=1S/C12H16N4O/c1-9-4-15-12(17-9)7-13-5-11-6-14-8-16(11)10-2-3-10/h4,6,8,10,13H,2-3,5,7H2,1H3. The second kappa shape index (κ2) is 4.33. The molecule has 1 aliphatic carbocycles. The number of aryl methyl sites for hydroxylation is 1. The Morgan fingerprint density at radius 1 is 1.41 bits per heavy atom. The van der Waals surface area contributed by atoms with Crippen LogP contribution in [0.5, 0.6) is 0 Å². The van der Waals surface area contributed by atoms with Gasteiger partial charge in [0.2, 0.25) is 5.89 Å². The summed E-state index contributed by atoms with van der Waals surface area (Å²) in [5, 5.41) is 3.32. The molecule has 0 radical (unpaired) electrons. The summed E-state index contributed by atoms with van der Waals surface area (Å²) in [5.41, 5.74) is 1.23. The van der Waals surface area contributed by atoms with Crippen LogP contribution in [-0.2, 0) is 13.1 Å². The number of imidazole rings is 1. The van der Waals surface area contributed by atoms with Gasteiger partial charge >= 0.3 is 0 Å². The molecule has 2 aromatic heterocycles. The maximum absolute atomic E-state index is 5.40. The normalized spacial score (nSPS) is 15.4. The Kier molecular flexibility index (Phi) is 2.68. The van der Waals surface area contributed by atoms with Crippen LogP contribution in [0.15, 0.2) is 23.1 Å². The Hall–Kier alpha value is -1.62. The molecular formula is C12H16N4O. The Morgan fingerprint density at radius 3 is 3.00 bits per heavy atom. The minimum Gasteiger partial charge on any atom is -0.445 e. The van der Waals surface area contributed by atoms with Crippen molar-refractivity contribution >= 4 is 0 Å². The van der Waals surface area contributed by atoms with Crippen LogP contribution in [0.1, 0.15) is 36.2 Å². The minimum absolute atomic E-state index is 0.656. The van der Waals surface area contributed by atoms with Crippen LogP contribution in [0.4, 0.5) is 0 Å². The maximum atomic E-state index is 5.40. The van der Waals surface area contributed by atoms with Crippen LogP contribution in [-0.4, -0.2) is 14.5 Å². The van der Waals surface area contributed by atoms with E-state index in [0.29, 0.717) is 12.6 Å². The Morgan fingerprint density at radius 2 is 2.29 bits per heavy atom. The zero-order valence-corrected chi connectivity index (χ0v) is 9.89. The van der Waals surface area contributed by atoms with Crippen molar-refractivity contribution in [1.82, 2.24) is 19.9 Å². The van der Waals surface area contributed by atoms with Gasteiger partial charge in [-0.15, -0.1) is 0 Å². The highest BCUT2D eigenvalue weighted by Gasteiger charge is 2.24. The number of hydrogen-bond donors (Lipinski definition) is 1. The van der Waals surface area contributed by atoms with Crippen molar-refractivity contribution in [2.24, 2.45) is 0 Å². The Balaban J connectivity index is 1.55. The van der Waals surface area contributed by atoms with Gasteiger partial charge < -0.3 is 14.3 Å². The zero-order valence-electron chi connectivity index (χ0n) is 9.89. The number of aromatic nitrogens is 3. The molecule has 1 aliphatic rings. The van der Waals surface area contributed by atoms with Gasteiger partial charge in [0.25, 0.3) is 0 Å². The Bertz CT molecular complexity index is 498. The fourth-order valence-corrected chi connectivity index (χ4v) is 1.93. The molecule has 0 atom stereocenters. The summed E-state index contributed by atoms with van der Waals surface area (Å²) in [6.45, 7) is 3.36. The molecule has 0 spiro atoms. The van der Waals surface area contributed by atoms with Crippen LogP contribution in [0, 0.1) is 6.92 Å². The largest absolute Gasteiger partial charge is 0.445 e. The maximum Gasteiger partial charge on any atom is 0.208 e.